The van der Waals surface area contributed by atoms with Gasteiger partial charge in [0.15, 0.2) is 0 Å². The molecule has 0 unspecified atom stereocenters. The smallest absolute Gasteiger partial charge is 0.433 e. The third-order valence-electron chi connectivity index (χ3n) is 3.95. The van der Waals surface area contributed by atoms with Crippen molar-refractivity contribution in [2.24, 2.45) is 0 Å². The van der Waals surface area contributed by atoms with Crippen LogP contribution in [0.2, 0.25) is 0 Å². The van der Waals surface area contributed by atoms with Crippen molar-refractivity contribution >= 4 is 5.95 Å². The van der Waals surface area contributed by atoms with E-state index in [0.717, 1.165) is 17.8 Å². The van der Waals surface area contributed by atoms with E-state index in [9.17, 15) is 18.3 Å². The Labute approximate surface area is 136 Å². The minimum Gasteiger partial charge on any atom is -0.497 e. The number of hydrogen-bond acceptors (Lipinski definition) is 5. The summed E-state index contributed by atoms with van der Waals surface area (Å²) in [4.78, 5) is 9.18. The average molecular weight is 339 g/mol. The van der Waals surface area contributed by atoms with Gasteiger partial charge >= 0.3 is 6.18 Å². The number of benzene rings is 1. The van der Waals surface area contributed by atoms with Crippen molar-refractivity contribution in [3.63, 3.8) is 0 Å². The molecule has 2 atom stereocenters. The third kappa shape index (κ3) is 3.28. The lowest BCUT2D eigenvalue weighted by atomic mass is 10.0. The summed E-state index contributed by atoms with van der Waals surface area (Å²) in [6.07, 6.45) is -3.74. The van der Waals surface area contributed by atoms with Crippen molar-refractivity contribution < 1.29 is 23.0 Å². The Hall–Kier alpha value is -2.35. The Bertz CT molecular complexity index is 724. The molecule has 1 N–H and O–H groups in total. The maximum absolute atomic E-state index is 12.9. The van der Waals surface area contributed by atoms with Gasteiger partial charge in [-0.3, -0.25) is 0 Å². The van der Waals surface area contributed by atoms with E-state index in [-0.39, 0.29) is 18.5 Å². The van der Waals surface area contributed by atoms with Crippen molar-refractivity contribution in [1.29, 1.82) is 0 Å². The SMILES string of the molecule is COc1cccc([C@H]2C[C@@H](O)CN2c2nccc(C(F)(F)F)n2)c1. The number of β-amino-alcohol motifs (C(OH)–C–C–N with tert-alkyl or cyclic N) is 1. The molecule has 1 aliphatic heterocycles. The number of ether oxygens (including phenoxy) is 1. The predicted molar refractivity (Wildman–Crippen MR) is 80.7 cm³/mol. The molecule has 0 saturated carbocycles. The number of halogens is 3. The third-order valence-corrected chi connectivity index (χ3v) is 3.95. The molecule has 1 aliphatic rings. The molecule has 0 aliphatic carbocycles. The van der Waals surface area contributed by atoms with Crippen LogP contribution in [0, 0.1) is 0 Å². The van der Waals surface area contributed by atoms with Gasteiger partial charge in [0.05, 0.1) is 19.3 Å². The summed E-state index contributed by atoms with van der Waals surface area (Å²) in [5, 5.41) is 10.00. The van der Waals surface area contributed by atoms with Gasteiger partial charge in [0.2, 0.25) is 5.95 Å². The van der Waals surface area contributed by atoms with Crippen LogP contribution < -0.4 is 9.64 Å². The lowest BCUT2D eigenvalue weighted by Gasteiger charge is -2.25. The van der Waals surface area contributed by atoms with Crippen molar-refractivity contribution in [3.8, 4) is 5.75 Å². The van der Waals surface area contributed by atoms with Crippen LogP contribution in [-0.4, -0.2) is 34.8 Å². The number of aliphatic hydroxyl groups is 1. The zero-order valence-corrected chi connectivity index (χ0v) is 12.9. The molecular formula is C16H16F3N3O2. The fourth-order valence-corrected chi connectivity index (χ4v) is 2.84. The van der Waals surface area contributed by atoms with Crippen LogP contribution in [0.4, 0.5) is 19.1 Å². The van der Waals surface area contributed by atoms with E-state index >= 15 is 0 Å². The Morgan fingerprint density at radius 3 is 2.79 bits per heavy atom. The van der Waals surface area contributed by atoms with Gasteiger partial charge in [-0.25, -0.2) is 9.97 Å². The van der Waals surface area contributed by atoms with E-state index in [2.05, 4.69) is 9.97 Å². The Kier molecular flexibility index (Phi) is 4.31. The molecule has 5 nitrogen and oxygen atoms in total. The average Bonchev–Trinajstić information content (AvgIpc) is 2.96. The molecular weight excluding hydrogens is 323 g/mol. The van der Waals surface area contributed by atoms with Crippen LogP contribution >= 0.6 is 0 Å². The first-order valence-electron chi connectivity index (χ1n) is 7.37. The summed E-state index contributed by atoms with van der Waals surface area (Å²) >= 11 is 0. The lowest BCUT2D eigenvalue weighted by molar-refractivity contribution is -0.141. The van der Waals surface area contributed by atoms with Crippen molar-refractivity contribution in [1.82, 2.24) is 9.97 Å². The number of rotatable bonds is 3. The van der Waals surface area contributed by atoms with Crippen LogP contribution in [0.5, 0.6) is 5.75 Å². The molecule has 8 heteroatoms. The van der Waals surface area contributed by atoms with Crippen molar-refractivity contribution in [2.75, 3.05) is 18.6 Å². The lowest BCUT2D eigenvalue weighted by Crippen LogP contribution is -2.27. The van der Waals surface area contributed by atoms with E-state index in [1.54, 1.807) is 23.1 Å². The van der Waals surface area contributed by atoms with Gasteiger partial charge < -0.3 is 14.7 Å². The molecule has 0 amide bonds. The summed E-state index contributed by atoms with van der Waals surface area (Å²) in [7, 11) is 1.54. The molecule has 1 aromatic carbocycles. The van der Waals surface area contributed by atoms with Gasteiger partial charge in [0.25, 0.3) is 0 Å². The molecule has 1 fully saturated rings. The van der Waals surface area contributed by atoms with Crippen LogP contribution in [-0.2, 0) is 6.18 Å². The first-order chi connectivity index (χ1) is 11.4. The number of methoxy groups -OCH3 is 1. The molecule has 1 aromatic heterocycles. The van der Waals surface area contributed by atoms with Crippen LogP contribution in [0.15, 0.2) is 36.5 Å². The highest BCUT2D eigenvalue weighted by molar-refractivity contribution is 5.42. The number of aliphatic hydroxyl groups excluding tert-OH is 1. The predicted octanol–water partition coefficient (Wildman–Crippen LogP) is 2.82. The van der Waals surface area contributed by atoms with Crippen LogP contribution in [0.1, 0.15) is 23.7 Å². The quantitative estimate of drug-likeness (QED) is 0.932. The first kappa shape index (κ1) is 16.5. The summed E-state index contributed by atoms with van der Waals surface area (Å²) in [6, 6.07) is 7.72. The number of nitrogens with zero attached hydrogens (tertiary/aromatic N) is 3. The summed E-state index contributed by atoms with van der Waals surface area (Å²) in [6.45, 7) is 0.170. The standard InChI is InChI=1S/C16H16F3N3O2/c1-24-12-4-2-3-10(7-12)13-8-11(23)9-22(13)15-20-6-5-14(21-15)16(17,18)19/h2-7,11,13,23H,8-9H2,1H3/t11-,13-/m1/s1. The summed E-state index contributed by atoms with van der Waals surface area (Å²) < 4.78 is 43.8. The molecule has 24 heavy (non-hydrogen) atoms. The number of hydrogen-bond donors (Lipinski definition) is 1. The molecule has 3 rings (SSSR count). The van der Waals surface area contributed by atoms with Crippen LogP contribution in [0.25, 0.3) is 0 Å². The van der Waals surface area contributed by atoms with Crippen molar-refractivity contribution in [3.05, 3.63) is 47.8 Å². The van der Waals surface area contributed by atoms with E-state index in [4.69, 9.17) is 4.74 Å². The zero-order chi connectivity index (χ0) is 17.3. The van der Waals surface area contributed by atoms with Gasteiger partial charge in [-0.05, 0) is 30.2 Å². The topological polar surface area (TPSA) is 58.5 Å². The molecule has 0 spiro atoms. The minimum absolute atomic E-state index is 0.0470. The largest absolute Gasteiger partial charge is 0.497 e. The second-order valence-electron chi connectivity index (χ2n) is 5.57. The van der Waals surface area contributed by atoms with Gasteiger partial charge in [-0.1, -0.05) is 12.1 Å². The molecule has 0 radical (unpaired) electrons. The summed E-state index contributed by atoms with van der Waals surface area (Å²) in [5.74, 6) is 0.591. The van der Waals surface area contributed by atoms with Gasteiger partial charge in [-0.2, -0.15) is 13.2 Å². The van der Waals surface area contributed by atoms with Gasteiger partial charge in [0.1, 0.15) is 11.4 Å². The highest BCUT2D eigenvalue weighted by atomic mass is 19.4. The Morgan fingerprint density at radius 2 is 2.08 bits per heavy atom. The Balaban J connectivity index is 1.96. The molecule has 2 aromatic rings. The van der Waals surface area contributed by atoms with E-state index < -0.39 is 18.0 Å². The highest BCUT2D eigenvalue weighted by Crippen LogP contribution is 2.37. The monoisotopic (exact) mass is 339 g/mol. The van der Waals surface area contributed by atoms with E-state index in [1.165, 1.54) is 7.11 Å². The van der Waals surface area contributed by atoms with Crippen LogP contribution in [0.3, 0.4) is 0 Å². The fraction of sp³-hybridized carbons (Fsp3) is 0.375. The zero-order valence-electron chi connectivity index (χ0n) is 12.9. The maximum atomic E-state index is 12.9. The van der Waals surface area contributed by atoms with Crippen molar-refractivity contribution in [2.45, 2.75) is 24.7 Å². The molecule has 128 valence electrons. The van der Waals surface area contributed by atoms with E-state index in [0.29, 0.717) is 12.2 Å². The minimum atomic E-state index is -4.54. The van der Waals surface area contributed by atoms with Gasteiger partial charge in [0, 0.05) is 12.7 Å². The second kappa shape index (κ2) is 6.27. The summed E-state index contributed by atoms with van der Waals surface area (Å²) in [5.41, 5.74) is -0.176. The fourth-order valence-electron chi connectivity index (χ4n) is 2.84. The Morgan fingerprint density at radius 1 is 1.29 bits per heavy atom. The number of anilines is 1. The number of aromatic nitrogens is 2. The maximum Gasteiger partial charge on any atom is 0.433 e. The second-order valence-corrected chi connectivity index (χ2v) is 5.57. The van der Waals surface area contributed by atoms with E-state index in [1.807, 2.05) is 6.07 Å². The molecule has 1 saturated heterocycles. The normalized spacial score (nSPS) is 21.1. The number of alkyl halides is 3. The molecule has 2 heterocycles. The first-order valence-corrected chi connectivity index (χ1v) is 7.37. The highest BCUT2D eigenvalue weighted by Gasteiger charge is 2.37. The molecule has 0 bridgehead atoms. The van der Waals surface area contributed by atoms with Gasteiger partial charge in [-0.15, -0.1) is 0 Å².